The Labute approximate surface area is 210 Å². The third kappa shape index (κ3) is 5.21. The molecule has 2 aliphatic heterocycles. The van der Waals surface area contributed by atoms with E-state index < -0.39 is 0 Å². The van der Waals surface area contributed by atoms with Gasteiger partial charge in [-0.2, -0.15) is 0 Å². The van der Waals surface area contributed by atoms with Crippen molar-refractivity contribution >= 4 is 57.8 Å². The van der Waals surface area contributed by atoms with Crippen LogP contribution in [0.4, 0.5) is 17.1 Å². The Hall–Kier alpha value is -3.42. The van der Waals surface area contributed by atoms with E-state index in [2.05, 4.69) is 39.1 Å². The van der Waals surface area contributed by atoms with E-state index >= 15 is 0 Å². The second kappa shape index (κ2) is 9.83. The van der Waals surface area contributed by atoms with Crippen molar-refractivity contribution in [2.75, 3.05) is 29.0 Å². The van der Waals surface area contributed by atoms with Gasteiger partial charge in [0.05, 0.1) is 0 Å². The molecule has 172 valence electrons. The molecule has 0 radical (unpaired) electrons. The maximum absolute atomic E-state index is 6.51. The summed E-state index contributed by atoms with van der Waals surface area (Å²) in [7, 11) is 0. The topological polar surface area (TPSA) is 48.6 Å². The van der Waals surface area contributed by atoms with Crippen LogP contribution in [-0.4, -0.2) is 33.8 Å². The van der Waals surface area contributed by atoms with Crippen LogP contribution in [0, 0.1) is 0 Å². The van der Waals surface area contributed by atoms with Crippen LogP contribution in [0.1, 0.15) is 18.4 Å². The molecular weight excluding hydrogens is 460 g/mol. The maximum atomic E-state index is 6.51. The number of fused-ring (bicyclic) bond motifs is 1. The van der Waals surface area contributed by atoms with E-state index in [1.807, 2.05) is 72.8 Å². The highest BCUT2D eigenvalue weighted by molar-refractivity contribution is 7.80. The highest BCUT2D eigenvalue weighted by Gasteiger charge is 2.37. The van der Waals surface area contributed by atoms with Gasteiger partial charge < -0.3 is 25.6 Å². The summed E-state index contributed by atoms with van der Waals surface area (Å²) in [6, 6.07) is 26.0. The summed E-state index contributed by atoms with van der Waals surface area (Å²) in [5.74, 6) is 0.897. The molecule has 0 unspecified atom stereocenters. The van der Waals surface area contributed by atoms with E-state index in [-0.39, 0.29) is 5.60 Å². The molecule has 0 aromatic heterocycles. The summed E-state index contributed by atoms with van der Waals surface area (Å²) in [6.07, 6.45) is 6.12. The second-order valence-corrected chi connectivity index (χ2v) is 9.28. The van der Waals surface area contributed by atoms with Gasteiger partial charge in [0.1, 0.15) is 11.4 Å². The highest BCUT2D eigenvalue weighted by atomic mass is 32.1. The fraction of sp³-hybridized carbons (Fsp3) is 0.185. The first-order valence-electron chi connectivity index (χ1n) is 11.3. The lowest BCUT2D eigenvalue weighted by molar-refractivity contribution is 0.0594. The van der Waals surface area contributed by atoms with Gasteiger partial charge in [-0.05, 0) is 73.0 Å². The minimum atomic E-state index is -0.287. The molecule has 1 saturated heterocycles. The van der Waals surface area contributed by atoms with Crippen molar-refractivity contribution in [3.63, 3.8) is 0 Å². The molecule has 3 N–H and O–H groups in total. The molecule has 5 nitrogen and oxygen atoms in total. The quantitative estimate of drug-likeness (QED) is 0.385. The van der Waals surface area contributed by atoms with Crippen LogP contribution in [0.15, 0.2) is 84.9 Å². The fourth-order valence-electron chi connectivity index (χ4n) is 4.24. The Morgan fingerprint density at radius 3 is 2.06 bits per heavy atom. The molecule has 2 aliphatic rings. The monoisotopic (exact) mass is 486 g/mol. The lowest BCUT2D eigenvalue weighted by atomic mass is 9.88. The van der Waals surface area contributed by atoms with Gasteiger partial charge in [-0.25, -0.2) is 0 Å². The summed E-state index contributed by atoms with van der Waals surface area (Å²) >= 11 is 11.1. The molecule has 0 aliphatic carbocycles. The van der Waals surface area contributed by atoms with Crippen LogP contribution in [0.3, 0.4) is 0 Å². The fourth-order valence-corrected chi connectivity index (χ4v) is 4.78. The minimum absolute atomic E-state index is 0.287. The number of benzene rings is 3. The van der Waals surface area contributed by atoms with Gasteiger partial charge in [0.2, 0.25) is 0 Å². The van der Waals surface area contributed by atoms with Crippen molar-refractivity contribution < 1.29 is 4.74 Å². The molecule has 3 aromatic rings. The van der Waals surface area contributed by atoms with E-state index in [0.29, 0.717) is 5.11 Å². The van der Waals surface area contributed by atoms with Gasteiger partial charge in [0.25, 0.3) is 0 Å². The molecule has 0 atom stereocenters. The van der Waals surface area contributed by atoms with Crippen LogP contribution in [-0.2, 0) is 0 Å². The predicted octanol–water partition coefficient (Wildman–Crippen LogP) is 6.13. The highest BCUT2D eigenvalue weighted by Crippen LogP contribution is 2.38. The van der Waals surface area contributed by atoms with Gasteiger partial charge in [-0.1, -0.05) is 42.5 Å². The molecule has 0 bridgehead atoms. The number of ether oxygens (including phenoxy) is 1. The van der Waals surface area contributed by atoms with E-state index in [9.17, 15) is 0 Å². The Bertz CT molecular complexity index is 1210. The number of anilines is 3. The van der Waals surface area contributed by atoms with Crippen LogP contribution in [0.2, 0.25) is 0 Å². The number of hydrogen-bond donors (Lipinski definition) is 3. The van der Waals surface area contributed by atoms with Crippen molar-refractivity contribution in [1.29, 1.82) is 0 Å². The standard InChI is InChI=1S/C27H26N4OS2/c33-25(28-21-7-3-1-4-8-21)29-23-11-12-24-20(19-23)13-14-27(32-24)15-17-31(18-16-27)26(34)30-22-9-5-2-6-10-22/h1-14,19H,15-18H2,(H,30,34)(H2,28,29,33). The first-order chi connectivity index (χ1) is 16.6. The molecule has 1 spiro atoms. The van der Waals surface area contributed by atoms with E-state index in [0.717, 1.165) is 59.4 Å². The Balaban J connectivity index is 1.18. The molecule has 0 saturated carbocycles. The van der Waals surface area contributed by atoms with Gasteiger partial charge in [0.15, 0.2) is 10.2 Å². The van der Waals surface area contributed by atoms with Gasteiger partial charge >= 0.3 is 0 Å². The Morgan fingerprint density at radius 2 is 1.38 bits per heavy atom. The number of nitrogens with one attached hydrogen (secondary N) is 3. The van der Waals surface area contributed by atoms with E-state index in [1.165, 1.54) is 0 Å². The largest absolute Gasteiger partial charge is 0.482 e. The molecule has 2 heterocycles. The summed E-state index contributed by atoms with van der Waals surface area (Å²) < 4.78 is 6.51. The molecule has 1 fully saturated rings. The van der Waals surface area contributed by atoms with Crippen molar-refractivity contribution in [2.45, 2.75) is 18.4 Å². The Kier molecular flexibility index (Phi) is 6.47. The SMILES string of the molecule is S=C(Nc1ccccc1)Nc1ccc2c(c1)C=CC1(CCN(C(=S)Nc3ccccc3)CC1)O2. The summed E-state index contributed by atoms with van der Waals surface area (Å²) in [4.78, 5) is 2.22. The first-order valence-corrected chi connectivity index (χ1v) is 12.2. The molecule has 34 heavy (non-hydrogen) atoms. The van der Waals surface area contributed by atoms with Crippen LogP contribution in [0.5, 0.6) is 5.75 Å². The number of rotatable bonds is 3. The predicted molar refractivity (Wildman–Crippen MR) is 149 cm³/mol. The van der Waals surface area contributed by atoms with E-state index in [1.54, 1.807) is 0 Å². The van der Waals surface area contributed by atoms with Gasteiger partial charge in [0, 0.05) is 48.6 Å². The Morgan fingerprint density at radius 1 is 0.765 bits per heavy atom. The van der Waals surface area contributed by atoms with Crippen LogP contribution >= 0.6 is 24.4 Å². The summed E-state index contributed by atoms with van der Waals surface area (Å²) in [6.45, 7) is 1.69. The molecular formula is C27H26N4OS2. The van der Waals surface area contributed by atoms with Crippen LogP contribution < -0.4 is 20.7 Å². The maximum Gasteiger partial charge on any atom is 0.175 e. The van der Waals surface area contributed by atoms with Crippen molar-refractivity contribution in [3.05, 3.63) is 90.5 Å². The average Bonchev–Trinajstić information content (AvgIpc) is 2.86. The number of thiocarbonyl (C=S) groups is 2. The summed E-state index contributed by atoms with van der Waals surface area (Å²) in [5.41, 5.74) is 3.64. The van der Waals surface area contributed by atoms with Gasteiger partial charge in [-0.15, -0.1) is 0 Å². The minimum Gasteiger partial charge on any atom is -0.482 e. The van der Waals surface area contributed by atoms with Crippen molar-refractivity contribution in [3.8, 4) is 5.75 Å². The lowest BCUT2D eigenvalue weighted by Gasteiger charge is -2.42. The average molecular weight is 487 g/mol. The molecule has 7 heteroatoms. The summed E-state index contributed by atoms with van der Waals surface area (Å²) in [5, 5.41) is 11.1. The number of likely N-dealkylation sites (tertiary alicyclic amines) is 1. The molecule has 0 amide bonds. The van der Waals surface area contributed by atoms with Crippen LogP contribution in [0.25, 0.3) is 6.08 Å². The zero-order valence-electron chi connectivity index (χ0n) is 18.7. The molecule has 5 rings (SSSR count). The van der Waals surface area contributed by atoms with Gasteiger partial charge in [-0.3, -0.25) is 0 Å². The molecule has 3 aromatic carbocycles. The zero-order chi connectivity index (χ0) is 23.4. The van der Waals surface area contributed by atoms with Crippen molar-refractivity contribution in [1.82, 2.24) is 4.90 Å². The third-order valence-electron chi connectivity index (χ3n) is 6.10. The van der Waals surface area contributed by atoms with Crippen molar-refractivity contribution in [2.24, 2.45) is 0 Å². The van der Waals surface area contributed by atoms with E-state index in [4.69, 9.17) is 29.2 Å². The second-order valence-electron chi connectivity index (χ2n) is 8.48. The number of para-hydroxylation sites is 2. The normalized spacial score (nSPS) is 15.7. The number of nitrogens with zero attached hydrogens (tertiary/aromatic N) is 1. The zero-order valence-corrected chi connectivity index (χ0v) is 20.3. The first kappa shape index (κ1) is 22.4. The third-order valence-corrected chi connectivity index (χ3v) is 6.67. The number of piperidine rings is 1. The number of hydrogen-bond acceptors (Lipinski definition) is 3. The smallest absolute Gasteiger partial charge is 0.175 e. The lowest BCUT2D eigenvalue weighted by Crippen LogP contribution is -2.50.